The van der Waals surface area contributed by atoms with Crippen LogP contribution in [0.2, 0.25) is 0 Å². The number of methoxy groups -OCH3 is 1. The SMILES string of the molecule is COCC(N)C(=O)Nc1ccc(N2CCNC2=O)cc1. The summed E-state index contributed by atoms with van der Waals surface area (Å²) in [7, 11) is 1.49. The highest BCUT2D eigenvalue weighted by atomic mass is 16.5. The Kier molecular flexibility index (Phi) is 4.54. The zero-order valence-electron chi connectivity index (χ0n) is 11.3. The van der Waals surface area contributed by atoms with E-state index in [9.17, 15) is 9.59 Å². The Balaban J connectivity index is 1.98. The van der Waals surface area contributed by atoms with Gasteiger partial charge >= 0.3 is 6.03 Å². The van der Waals surface area contributed by atoms with E-state index >= 15 is 0 Å². The quantitative estimate of drug-likeness (QED) is 0.713. The molecule has 1 heterocycles. The molecule has 2 rings (SSSR count). The van der Waals surface area contributed by atoms with Crippen molar-refractivity contribution in [2.75, 3.05) is 37.0 Å². The molecule has 1 aromatic rings. The lowest BCUT2D eigenvalue weighted by Crippen LogP contribution is -2.39. The molecule has 0 aromatic heterocycles. The Bertz CT molecular complexity index is 489. The highest BCUT2D eigenvalue weighted by Gasteiger charge is 2.21. The number of benzene rings is 1. The molecule has 1 unspecified atom stereocenters. The molecule has 4 N–H and O–H groups in total. The van der Waals surface area contributed by atoms with Gasteiger partial charge in [0.25, 0.3) is 0 Å². The van der Waals surface area contributed by atoms with E-state index in [4.69, 9.17) is 10.5 Å². The minimum absolute atomic E-state index is 0.107. The van der Waals surface area contributed by atoms with Crippen LogP contribution in [0.3, 0.4) is 0 Å². The number of urea groups is 1. The number of carbonyl (C=O) groups excluding carboxylic acids is 2. The van der Waals surface area contributed by atoms with Gasteiger partial charge in [-0.25, -0.2) is 4.79 Å². The van der Waals surface area contributed by atoms with Gasteiger partial charge in [-0.3, -0.25) is 9.69 Å². The van der Waals surface area contributed by atoms with Crippen molar-refractivity contribution >= 4 is 23.3 Å². The number of anilines is 2. The van der Waals surface area contributed by atoms with E-state index in [0.717, 1.165) is 5.69 Å². The Morgan fingerprint density at radius 3 is 2.75 bits per heavy atom. The predicted octanol–water partition coefficient (Wildman–Crippen LogP) is 0.128. The summed E-state index contributed by atoms with van der Waals surface area (Å²) in [6, 6.07) is 6.22. The summed E-state index contributed by atoms with van der Waals surface area (Å²) < 4.78 is 4.82. The van der Waals surface area contributed by atoms with E-state index in [1.807, 2.05) is 0 Å². The van der Waals surface area contributed by atoms with Gasteiger partial charge in [-0.2, -0.15) is 0 Å². The molecule has 7 heteroatoms. The summed E-state index contributed by atoms with van der Waals surface area (Å²) in [5, 5.41) is 5.42. The van der Waals surface area contributed by atoms with Crippen LogP contribution in [-0.4, -0.2) is 44.8 Å². The van der Waals surface area contributed by atoms with Gasteiger partial charge in [0, 0.05) is 31.6 Å². The van der Waals surface area contributed by atoms with Gasteiger partial charge in [0.1, 0.15) is 6.04 Å². The summed E-state index contributed by atoms with van der Waals surface area (Å²) >= 11 is 0. The number of amides is 3. The van der Waals surface area contributed by atoms with E-state index < -0.39 is 6.04 Å². The fourth-order valence-electron chi connectivity index (χ4n) is 1.93. The van der Waals surface area contributed by atoms with Gasteiger partial charge in [0.2, 0.25) is 5.91 Å². The lowest BCUT2D eigenvalue weighted by molar-refractivity contribution is -0.118. The fourth-order valence-corrected chi connectivity index (χ4v) is 1.93. The molecule has 3 amide bonds. The van der Waals surface area contributed by atoms with Crippen molar-refractivity contribution in [2.24, 2.45) is 5.73 Å². The Labute approximate surface area is 117 Å². The maximum absolute atomic E-state index is 11.7. The molecule has 20 heavy (non-hydrogen) atoms. The van der Waals surface area contributed by atoms with Crippen LogP contribution in [-0.2, 0) is 9.53 Å². The van der Waals surface area contributed by atoms with Crippen molar-refractivity contribution in [2.45, 2.75) is 6.04 Å². The van der Waals surface area contributed by atoms with E-state index in [2.05, 4.69) is 10.6 Å². The molecule has 0 spiro atoms. The van der Waals surface area contributed by atoms with Crippen LogP contribution in [0.5, 0.6) is 0 Å². The highest BCUT2D eigenvalue weighted by Crippen LogP contribution is 2.19. The second kappa shape index (κ2) is 6.36. The van der Waals surface area contributed by atoms with E-state index in [-0.39, 0.29) is 18.5 Å². The van der Waals surface area contributed by atoms with Gasteiger partial charge in [-0.15, -0.1) is 0 Å². The number of nitrogens with zero attached hydrogens (tertiary/aromatic N) is 1. The first kappa shape index (κ1) is 14.3. The van der Waals surface area contributed by atoms with Crippen molar-refractivity contribution in [3.63, 3.8) is 0 Å². The summed E-state index contributed by atoms with van der Waals surface area (Å²) in [6.45, 7) is 1.45. The number of nitrogens with one attached hydrogen (secondary N) is 2. The van der Waals surface area contributed by atoms with Crippen LogP contribution in [0, 0.1) is 0 Å². The number of nitrogens with two attached hydrogens (primary N) is 1. The monoisotopic (exact) mass is 278 g/mol. The minimum Gasteiger partial charge on any atom is -0.383 e. The third-order valence-corrected chi connectivity index (χ3v) is 2.99. The van der Waals surface area contributed by atoms with Crippen LogP contribution in [0.25, 0.3) is 0 Å². The van der Waals surface area contributed by atoms with Gasteiger partial charge in [-0.1, -0.05) is 0 Å². The van der Waals surface area contributed by atoms with Crippen molar-refractivity contribution in [1.82, 2.24) is 5.32 Å². The smallest absolute Gasteiger partial charge is 0.321 e. The van der Waals surface area contributed by atoms with E-state index in [1.165, 1.54) is 7.11 Å². The Hall–Kier alpha value is -2.12. The molecular formula is C13H18N4O3. The van der Waals surface area contributed by atoms with Crippen LogP contribution in [0.1, 0.15) is 0 Å². The first-order valence-corrected chi connectivity index (χ1v) is 6.32. The predicted molar refractivity (Wildman–Crippen MR) is 75.7 cm³/mol. The van der Waals surface area contributed by atoms with Crippen molar-refractivity contribution in [1.29, 1.82) is 0 Å². The second-order valence-electron chi connectivity index (χ2n) is 4.48. The highest BCUT2D eigenvalue weighted by molar-refractivity contribution is 5.96. The van der Waals surface area contributed by atoms with Crippen molar-refractivity contribution in [3.05, 3.63) is 24.3 Å². The van der Waals surface area contributed by atoms with E-state index in [0.29, 0.717) is 18.8 Å². The number of hydrogen-bond acceptors (Lipinski definition) is 4. The van der Waals surface area contributed by atoms with Gasteiger partial charge in [0.05, 0.1) is 6.61 Å². The lowest BCUT2D eigenvalue weighted by Gasteiger charge is -2.15. The molecule has 7 nitrogen and oxygen atoms in total. The normalized spacial score (nSPS) is 15.9. The lowest BCUT2D eigenvalue weighted by atomic mass is 10.2. The van der Waals surface area contributed by atoms with E-state index in [1.54, 1.807) is 29.2 Å². The summed E-state index contributed by atoms with van der Waals surface area (Å²) in [6.07, 6.45) is 0. The molecule has 0 bridgehead atoms. The number of carbonyl (C=O) groups is 2. The summed E-state index contributed by atoms with van der Waals surface area (Å²) in [5.41, 5.74) is 7.05. The molecule has 0 saturated carbocycles. The topological polar surface area (TPSA) is 96.7 Å². The molecule has 108 valence electrons. The second-order valence-corrected chi connectivity index (χ2v) is 4.48. The third kappa shape index (κ3) is 3.25. The Morgan fingerprint density at radius 2 is 2.20 bits per heavy atom. The number of rotatable bonds is 5. The molecule has 1 aromatic carbocycles. The van der Waals surface area contributed by atoms with Crippen LogP contribution in [0.4, 0.5) is 16.2 Å². The fraction of sp³-hybridized carbons (Fsp3) is 0.385. The number of hydrogen-bond donors (Lipinski definition) is 3. The molecular weight excluding hydrogens is 260 g/mol. The average Bonchev–Trinajstić information content (AvgIpc) is 2.86. The van der Waals surface area contributed by atoms with Crippen molar-refractivity contribution < 1.29 is 14.3 Å². The summed E-state index contributed by atoms with van der Waals surface area (Å²) in [4.78, 5) is 24.9. The zero-order valence-corrected chi connectivity index (χ0v) is 11.3. The molecule has 1 fully saturated rings. The van der Waals surface area contributed by atoms with Gasteiger partial charge < -0.3 is 21.1 Å². The molecule has 1 atom stereocenters. The van der Waals surface area contributed by atoms with Crippen molar-refractivity contribution in [3.8, 4) is 0 Å². The van der Waals surface area contributed by atoms with Gasteiger partial charge in [0.15, 0.2) is 0 Å². The van der Waals surface area contributed by atoms with Crippen LogP contribution in [0.15, 0.2) is 24.3 Å². The maximum Gasteiger partial charge on any atom is 0.321 e. The van der Waals surface area contributed by atoms with Crippen LogP contribution >= 0.6 is 0 Å². The number of ether oxygens (including phenoxy) is 1. The molecule has 1 aliphatic heterocycles. The molecule has 1 aliphatic rings. The average molecular weight is 278 g/mol. The zero-order chi connectivity index (χ0) is 14.5. The third-order valence-electron chi connectivity index (χ3n) is 2.99. The van der Waals surface area contributed by atoms with Gasteiger partial charge in [-0.05, 0) is 24.3 Å². The molecule has 0 radical (unpaired) electrons. The van der Waals surface area contributed by atoms with Crippen LogP contribution < -0.4 is 21.3 Å². The first-order chi connectivity index (χ1) is 9.61. The molecule has 1 saturated heterocycles. The Morgan fingerprint density at radius 1 is 1.50 bits per heavy atom. The first-order valence-electron chi connectivity index (χ1n) is 6.32. The standard InChI is InChI=1S/C13H18N4O3/c1-20-8-11(14)12(18)16-9-2-4-10(5-3-9)17-7-6-15-13(17)19/h2-5,11H,6-8,14H2,1H3,(H,15,19)(H,16,18). The largest absolute Gasteiger partial charge is 0.383 e. The maximum atomic E-state index is 11.7. The minimum atomic E-state index is -0.705. The molecule has 0 aliphatic carbocycles. The summed E-state index contributed by atoms with van der Waals surface area (Å²) in [5.74, 6) is -0.307.